The summed E-state index contributed by atoms with van der Waals surface area (Å²) in [6, 6.07) is 5.16. The SMILES string of the molecule is CNc1ncnc(NCc2cccc(C(F)(F)F)c2)c1Br. The van der Waals surface area contributed by atoms with Gasteiger partial charge >= 0.3 is 6.18 Å². The lowest BCUT2D eigenvalue weighted by molar-refractivity contribution is -0.137. The van der Waals surface area contributed by atoms with Gasteiger partial charge in [0.15, 0.2) is 0 Å². The van der Waals surface area contributed by atoms with Gasteiger partial charge in [0.05, 0.1) is 5.56 Å². The fraction of sp³-hybridized carbons (Fsp3) is 0.231. The van der Waals surface area contributed by atoms with E-state index in [1.165, 1.54) is 12.4 Å². The predicted octanol–water partition coefficient (Wildman–Crippen LogP) is 3.91. The van der Waals surface area contributed by atoms with Crippen LogP contribution in [0.3, 0.4) is 0 Å². The molecule has 0 aliphatic heterocycles. The fourth-order valence-electron chi connectivity index (χ4n) is 1.71. The van der Waals surface area contributed by atoms with Crippen LogP contribution in [0.5, 0.6) is 0 Å². The summed E-state index contributed by atoms with van der Waals surface area (Å²) >= 11 is 3.33. The van der Waals surface area contributed by atoms with Crippen molar-refractivity contribution in [1.29, 1.82) is 0 Å². The quantitative estimate of drug-likeness (QED) is 0.867. The van der Waals surface area contributed by atoms with Crippen LogP contribution >= 0.6 is 15.9 Å². The van der Waals surface area contributed by atoms with Crippen LogP contribution in [0.25, 0.3) is 0 Å². The first-order chi connectivity index (χ1) is 9.91. The van der Waals surface area contributed by atoms with Gasteiger partial charge in [-0.15, -0.1) is 0 Å². The van der Waals surface area contributed by atoms with E-state index in [2.05, 4.69) is 36.5 Å². The Kier molecular flexibility index (Phi) is 4.66. The number of hydrogen-bond donors (Lipinski definition) is 2. The fourth-order valence-corrected chi connectivity index (χ4v) is 2.25. The lowest BCUT2D eigenvalue weighted by Gasteiger charge is -2.11. The van der Waals surface area contributed by atoms with Crippen molar-refractivity contribution >= 4 is 27.6 Å². The minimum Gasteiger partial charge on any atom is -0.372 e. The molecular formula is C13H12BrF3N4. The molecule has 8 heteroatoms. The molecule has 2 aromatic rings. The molecule has 2 N–H and O–H groups in total. The Labute approximate surface area is 127 Å². The molecule has 0 aliphatic rings. The van der Waals surface area contributed by atoms with E-state index in [0.29, 0.717) is 21.7 Å². The Balaban J connectivity index is 2.14. The topological polar surface area (TPSA) is 49.8 Å². The second-order valence-corrected chi connectivity index (χ2v) is 4.98. The summed E-state index contributed by atoms with van der Waals surface area (Å²) in [6.45, 7) is 0.225. The highest BCUT2D eigenvalue weighted by atomic mass is 79.9. The number of hydrogen-bond acceptors (Lipinski definition) is 4. The van der Waals surface area contributed by atoms with Crippen molar-refractivity contribution < 1.29 is 13.2 Å². The molecule has 0 spiro atoms. The first kappa shape index (κ1) is 15.6. The van der Waals surface area contributed by atoms with E-state index in [1.54, 1.807) is 13.1 Å². The first-order valence-corrected chi connectivity index (χ1v) is 6.79. The highest BCUT2D eigenvalue weighted by molar-refractivity contribution is 9.10. The van der Waals surface area contributed by atoms with Crippen molar-refractivity contribution in [2.75, 3.05) is 17.7 Å². The Morgan fingerprint density at radius 1 is 1.19 bits per heavy atom. The number of anilines is 2. The van der Waals surface area contributed by atoms with Crippen LogP contribution in [0.4, 0.5) is 24.8 Å². The summed E-state index contributed by atoms with van der Waals surface area (Å²) < 4.78 is 38.5. The summed E-state index contributed by atoms with van der Waals surface area (Å²) in [5.41, 5.74) is -0.152. The van der Waals surface area contributed by atoms with Gasteiger partial charge in [0.2, 0.25) is 0 Å². The zero-order valence-corrected chi connectivity index (χ0v) is 12.6. The van der Waals surface area contributed by atoms with Crippen LogP contribution in [0, 0.1) is 0 Å². The molecule has 0 amide bonds. The molecule has 0 unspecified atom stereocenters. The van der Waals surface area contributed by atoms with Crippen molar-refractivity contribution in [3.8, 4) is 0 Å². The second kappa shape index (κ2) is 6.30. The van der Waals surface area contributed by atoms with Crippen molar-refractivity contribution in [3.05, 3.63) is 46.2 Å². The van der Waals surface area contributed by atoms with Gasteiger partial charge in [0.25, 0.3) is 0 Å². The standard InChI is InChI=1S/C13H12BrF3N4/c1-18-11-10(14)12(21-7-20-11)19-6-8-3-2-4-9(5-8)13(15,16)17/h2-5,7H,6H2,1H3,(H2,18,19,20,21). The zero-order valence-electron chi connectivity index (χ0n) is 11.0. The Hall–Kier alpha value is -1.83. The van der Waals surface area contributed by atoms with E-state index in [1.807, 2.05) is 0 Å². The summed E-state index contributed by atoms with van der Waals surface area (Å²) in [6.07, 6.45) is -2.98. The van der Waals surface area contributed by atoms with E-state index in [-0.39, 0.29) is 6.54 Å². The molecule has 2 rings (SSSR count). The predicted molar refractivity (Wildman–Crippen MR) is 78.0 cm³/mol. The Morgan fingerprint density at radius 2 is 1.90 bits per heavy atom. The van der Waals surface area contributed by atoms with Crippen molar-refractivity contribution in [2.45, 2.75) is 12.7 Å². The van der Waals surface area contributed by atoms with Crippen LogP contribution in [-0.2, 0) is 12.7 Å². The number of halogens is 4. The number of nitrogens with one attached hydrogen (secondary N) is 2. The summed E-state index contributed by atoms with van der Waals surface area (Å²) in [4.78, 5) is 8.04. The third-order valence-electron chi connectivity index (χ3n) is 2.74. The average Bonchev–Trinajstić information content (AvgIpc) is 2.45. The Morgan fingerprint density at radius 3 is 2.57 bits per heavy atom. The molecule has 0 radical (unpaired) electrons. The third-order valence-corrected chi connectivity index (χ3v) is 3.49. The smallest absolute Gasteiger partial charge is 0.372 e. The highest BCUT2D eigenvalue weighted by Crippen LogP contribution is 2.30. The monoisotopic (exact) mass is 360 g/mol. The molecule has 1 heterocycles. The number of alkyl halides is 3. The molecule has 0 fully saturated rings. The van der Waals surface area contributed by atoms with Crippen LogP contribution in [0.2, 0.25) is 0 Å². The highest BCUT2D eigenvalue weighted by Gasteiger charge is 2.30. The van der Waals surface area contributed by atoms with Gasteiger partial charge in [-0.1, -0.05) is 12.1 Å². The maximum absolute atomic E-state index is 12.6. The number of nitrogens with zero attached hydrogens (tertiary/aromatic N) is 2. The molecule has 4 nitrogen and oxygen atoms in total. The van der Waals surface area contributed by atoms with Gasteiger partial charge in [-0.05, 0) is 33.6 Å². The molecule has 0 saturated carbocycles. The maximum atomic E-state index is 12.6. The van der Waals surface area contributed by atoms with Crippen molar-refractivity contribution in [2.24, 2.45) is 0 Å². The summed E-state index contributed by atoms with van der Waals surface area (Å²) in [7, 11) is 1.71. The van der Waals surface area contributed by atoms with Gasteiger partial charge in [0.1, 0.15) is 22.4 Å². The zero-order chi connectivity index (χ0) is 15.5. The van der Waals surface area contributed by atoms with E-state index >= 15 is 0 Å². The number of aromatic nitrogens is 2. The minimum atomic E-state index is -4.34. The van der Waals surface area contributed by atoms with E-state index in [9.17, 15) is 13.2 Å². The van der Waals surface area contributed by atoms with Gasteiger partial charge in [-0.2, -0.15) is 13.2 Å². The largest absolute Gasteiger partial charge is 0.416 e. The number of benzene rings is 1. The summed E-state index contributed by atoms with van der Waals surface area (Å²) in [5, 5.41) is 5.85. The van der Waals surface area contributed by atoms with Gasteiger partial charge in [0, 0.05) is 13.6 Å². The Bertz CT molecular complexity index is 631. The molecular weight excluding hydrogens is 349 g/mol. The third kappa shape index (κ3) is 3.84. The first-order valence-electron chi connectivity index (χ1n) is 6.00. The van der Waals surface area contributed by atoms with E-state index in [0.717, 1.165) is 12.1 Å². The molecule has 112 valence electrons. The van der Waals surface area contributed by atoms with Gasteiger partial charge in [-0.3, -0.25) is 0 Å². The average molecular weight is 361 g/mol. The lowest BCUT2D eigenvalue weighted by Crippen LogP contribution is -2.08. The molecule has 21 heavy (non-hydrogen) atoms. The maximum Gasteiger partial charge on any atom is 0.416 e. The van der Waals surface area contributed by atoms with Crippen LogP contribution in [-0.4, -0.2) is 17.0 Å². The van der Waals surface area contributed by atoms with Gasteiger partial charge < -0.3 is 10.6 Å². The van der Waals surface area contributed by atoms with E-state index < -0.39 is 11.7 Å². The lowest BCUT2D eigenvalue weighted by atomic mass is 10.1. The van der Waals surface area contributed by atoms with Gasteiger partial charge in [-0.25, -0.2) is 9.97 Å². The second-order valence-electron chi connectivity index (χ2n) is 4.19. The normalized spacial score (nSPS) is 11.3. The molecule has 0 atom stereocenters. The van der Waals surface area contributed by atoms with Crippen LogP contribution < -0.4 is 10.6 Å². The summed E-state index contributed by atoms with van der Waals surface area (Å²) in [5.74, 6) is 1.10. The molecule has 1 aromatic carbocycles. The van der Waals surface area contributed by atoms with Crippen LogP contribution in [0.1, 0.15) is 11.1 Å². The molecule has 1 aromatic heterocycles. The van der Waals surface area contributed by atoms with Crippen molar-refractivity contribution in [3.63, 3.8) is 0 Å². The van der Waals surface area contributed by atoms with Crippen molar-refractivity contribution in [1.82, 2.24) is 9.97 Å². The number of rotatable bonds is 4. The molecule has 0 aliphatic carbocycles. The van der Waals surface area contributed by atoms with Crippen LogP contribution in [0.15, 0.2) is 35.1 Å². The molecule has 0 bridgehead atoms. The van der Waals surface area contributed by atoms with E-state index in [4.69, 9.17) is 0 Å². The minimum absolute atomic E-state index is 0.225. The molecule has 0 saturated heterocycles.